The number of ether oxygens (including phenoxy) is 4. The predicted molar refractivity (Wildman–Crippen MR) is 153 cm³/mol. The van der Waals surface area contributed by atoms with Gasteiger partial charge >= 0.3 is 5.97 Å². The molecule has 0 N–H and O–H groups in total. The van der Waals surface area contributed by atoms with Crippen molar-refractivity contribution in [3.8, 4) is 28.4 Å². The molecule has 3 aromatic carbocycles. The van der Waals surface area contributed by atoms with Crippen molar-refractivity contribution in [2.75, 3.05) is 20.3 Å². The van der Waals surface area contributed by atoms with Crippen LogP contribution in [-0.2, 0) is 4.74 Å². The van der Waals surface area contributed by atoms with Crippen molar-refractivity contribution in [1.29, 1.82) is 0 Å². The highest BCUT2D eigenvalue weighted by atomic mass is 16.5. The van der Waals surface area contributed by atoms with Gasteiger partial charge in [0.2, 0.25) is 0 Å². The van der Waals surface area contributed by atoms with Crippen molar-refractivity contribution in [2.24, 2.45) is 5.92 Å². The van der Waals surface area contributed by atoms with E-state index >= 15 is 0 Å². The third-order valence-electron chi connectivity index (χ3n) is 6.80. The minimum atomic E-state index is -0.405. The average molecular weight is 519 g/mol. The van der Waals surface area contributed by atoms with E-state index in [9.17, 15) is 4.79 Å². The van der Waals surface area contributed by atoms with E-state index in [4.69, 9.17) is 18.9 Å². The highest BCUT2D eigenvalue weighted by molar-refractivity contribution is 5.91. The largest absolute Gasteiger partial charge is 0.494 e. The number of benzene rings is 3. The Morgan fingerprint density at radius 3 is 1.82 bits per heavy atom. The summed E-state index contributed by atoms with van der Waals surface area (Å²) in [5, 5.41) is 0. The smallest absolute Gasteiger partial charge is 0.343 e. The van der Waals surface area contributed by atoms with Crippen molar-refractivity contribution in [3.63, 3.8) is 0 Å². The van der Waals surface area contributed by atoms with Gasteiger partial charge in [-0.25, -0.2) is 4.79 Å². The molecule has 0 unspecified atom stereocenters. The van der Waals surface area contributed by atoms with Gasteiger partial charge in [0.05, 0.1) is 24.9 Å². The van der Waals surface area contributed by atoms with Gasteiger partial charge in [0.25, 0.3) is 0 Å². The molecule has 0 aliphatic rings. The van der Waals surface area contributed by atoms with Gasteiger partial charge in [-0.3, -0.25) is 0 Å². The number of rotatable bonds is 16. The number of hydrogen-bond donors (Lipinski definition) is 0. The van der Waals surface area contributed by atoms with E-state index in [1.807, 2.05) is 43.3 Å². The zero-order valence-electron chi connectivity index (χ0n) is 23.3. The molecule has 0 aromatic heterocycles. The molecule has 204 valence electrons. The van der Waals surface area contributed by atoms with Crippen molar-refractivity contribution in [1.82, 2.24) is 0 Å². The lowest BCUT2D eigenvalue weighted by Gasteiger charge is -2.18. The van der Waals surface area contributed by atoms with E-state index in [0.717, 1.165) is 29.9 Å². The SMILES string of the molecule is CCCCCCCCOc1ccc(-c2ccc(OC(=O)c3ccc(OC[C@H](C)[C@H](C)OC)cc3)cc2)cc1. The fourth-order valence-corrected chi connectivity index (χ4v) is 3.98. The quantitative estimate of drug-likeness (QED) is 0.108. The second kappa shape index (κ2) is 15.8. The summed E-state index contributed by atoms with van der Waals surface area (Å²) in [5.41, 5.74) is 2.60. The molecule has 0 bridgehead atoms. The highest BCUT2D eigenvalue weighted by Crippen LogP contribution is 2.25. The van der Waals surface area contributed by atoms with E-state index < -0.39 is 5.97 Å². The summed E-state index contributed by atoms with van der Waals surface area (Å²) in [6.45, 7) is 7.63. The van der Waals surface area contributed by atoms with Gasteiger partial charge in [0, 0.05) is 13.0 Å². The van der Waals surface area contributed by atoms with E-state index in [1.165, 1.54) is 32.1 Å². The van der Waals surface area contributed by atoms with E-state index in [0.29, 0.717) is 23.7 Å². The van der Waals surface area contributed by atoms with Crippen LogP contribution in [0.15, 0.2) is 72.8 Å². The van der Waals surface area contributed by atoms with E-state index in [1.54, 1.807) is 31.4 Å². The third-order valence-corrected chi connectivity index (χ3v) is 6.80. The fraction of sp³-hybridized carbons (Fsp3) is 0.424. The van der Waals surface area contributed by atoms with Gasteiger partial charge in [-0.1, -0.05) is 70.2 Å². The Morgan fingerprint density at radius 1 is 0.684 bits per heavy atom. The van der Waals surface area contributed by atoms with Crippen LogP contribution in [0.5, 0.6) is 17.2 Å². The molecule has 0 aliphatic carbocycles. The molecular weight excluding hydrogens is 476 g/mol. The Hall–Kier alpha value is -3.31. The normalized spacial score (nSPS) is 12.5. The Kier molecular flexibility index (Phi) is 12.2. The first-order chi connectivity index (χ1) is 18.5. The molecule has 5 nitrogen and oxygen atoms in total. The zero-order chi connectivity index (χ0) is 27.2. The number of unbranched alkanes of at least 4 members (excludes halogenated alkanes) is 5. The lowest BCUT2D eigenvalue weighted by Crippen LogP contribution is -2.22. The zero-order valence-corrected chi connectivity index (χ0v) is 23.3. The topological polar surface area (TPSA) is 54.0 Å². The molecule has 0 radical (unpaired) electrons. The van der Waals surface area contributed by atoms with Gasteiger partial charge in [-0.05, 0) is 73.0 Å². The molecule has 0 spiro atoms. The Labute approximate surface area is 228 Å². The number of carbonyl (C=O) groups excluding carboxylic acids is 1. The third kappa shape index (κ3) is 9.53. The monoisotopic (exact) mass is 518 g/mol. The van der Waals surface area contributed by atoms with Gasteiger partial charge in [-0.15, -0.1) is 0 Å². The van der Waals surface area contributed by atoms with Crippen LogP contribution in [0.25, 0.3) is 11.1 Å². The molecule has 3 rings (SSSR count). The highest BCUT2D eigenvalue weighted by Gasteiger charge is 2.13. The lowest BCUT2D eigenvalue weighted by atomic mass is 10.1. The number of carbonyl (C=O) groups is 1. The van der Waals surface area contributed by atoms with Crippen LogP contribution in [0.1, 0.15) is 69.7 Å². The number of hydrogen-bond acceptors (Lipinski definition) is 5. The van der Waals surface area contributed by atoms with Crippen LogP contribution in [-0.4, -0.2) is 32.4 Å². The molecule has 0 amide bonds. The van der Waals surface area contributed by atoms with Crippen molar-refractivity contribution in [2.45, 2.75) is 65.4 Å². The van der Waals surface area contributed by atoms with Gasteiger partial charge < -0.3 is 18.9 Å². The van der Waals surface area contributed by atoms with E-state index in [2.05, 4.69) is 26.0 Å². The molecule has 3 aromatic rings. The summed E-state index contributed by atoms with van der Waals surface area (Å²) in [6.07, 6.45) is 7.64. The van der Waals surface area contributed by atoms with Gasteiger partial charge in [0.15, 0.2) is 0 Å². The fourth-order valence-electron chi connectivity index (χ4n) is 3.98. The standard InChI is InChI=1S/C33H42O5/c1-5-6-7-8-9-10-23-36-30-17-11-27(12-18-30)28-13-21-32(22-14-28)38-33(34)29-15-19-31(20-16-29)37-24-25(2)26(3)35-4/h11-22,25-26H,5-10,23-24H2,1-4H3/t25-,26-/m0/s1. The number of methoxy groups -OCH3 is 1. The van der Waals surface area contributed by atoms with Crippen LogP contribution in [0.3, 0.4) is 0 Å². The summed E-state index contributed by atoms with van der Waals surface area (Å²) in [7, 11) is 1.69. The maximum absolute atomic E-state index is 12.6. The summed E-state index contributed by atoms with van der Waals surface area (Å²) in [5.74, 6) is 1.95. The molecule has 2 atom stereocenters. The van der Waals surface area contributed by atoms with Crippen molar-refractivity contribution < 1.29 is 23.7 Å². The van der Waals surface area contributed by atoms with Crippen molar-refractivity contribution >= 4 is 5.97 Å². The predicted octanol–water partition coefficient (Wildman–Crippen LogP) is 8.36. The molecule has 38 heavy (non-hydrogen) atoms. The average Bonchev–Trinajstić information content (AvgIpc) is 2.96. The lowest BCUT2D eigenvalue weighted by molar-refractivity contribution is 0.0523. The molecular formula is C33H42O5. The summed E-state index contributed by atoms with van der Waals surface area (Å²) in [6, 6.07) is 22.6. The van der Waals surface area contributed by atoms with Crippen LogP contribution in [0.2, 0.25) is 0 Å². The van der Waals surface area contributed by atoms with Gasteiger partial charge in [0.1, 0.15) is 17.2 Å². The second-order valence-electron chi connectivity index (χ2n) is 9.81. The first-order valence-electron chi connectivity index (χ1n) is 13.8. The summed E-state index contributed by atoms with van der Waals surface area (Å²) >= 11 is 0. The first-order valence-corrected chi connectivity index (χ1v) is 13.8. The minimum Gasteiger partial charge on any atom is -0.494 e. The molecule has 0 saturated heterocycles. The molecule has 0 fully saturated rings. The van der Waals surface area contributed by atoms with Crippen LogP contribution < -0.4 is 14.2 Å². The molecule has 0 aliphatic heterocycles. The van der Waals surface area contributed by atoms with Crippen LogP contribution in [0, 0.1) is 5.92 Å². The Morgan fingerprint density at radius 2 is 1.21 bits per heavy atom. The molecule has 0 heterocycles. The Bertz CT molecular complexity index is 1070. The van der Waals surface area contributed by atoms with Crippen molar-refractivity contribution in [3.05, 3.63) is 78.4 Å². The summed E-state index contributed by atoms with van der Waals surface area (Å²) < 4.78 is 22.6. The number of esters is 1. The van der Waals surface area contributed by atoms with Gasteiger partial charge in [-0.2, -0.15) is 0 Å². The second-order valence-corrected chi connectivity index (χ2v) is 9.81. The van der Waals surface area contributed by atoms with Crippen LogP contribution >= 0.6 is 0 Å². The minimum absolute atomic E-state index is 0.115. The first kappa shape index (κ1) is 29.2. The molecule has 5 heteroatoms. The molecule has 0 saturated carbocycles. The van der Waals surface area contributed by atoms with Crippen LogP contribution in [0.4, 0.5) is 0 Å². The van der Waals surface area contributed by atoms with E-state index in [-0.39, 0.29) is 12.0 Å². The maximum Gasteiger partial charge on any atom is 0.343 e. The summed E-state index contributed by atoms with van der Waals surface area (Å²) in [4.78, 5) is 12.6. The maximum atomic E-state index is 12.6. The Balaban J connectivity index is 1.45.